The number of rotatable bonds is 2. The minimum absolute atomic E-state index is 0.128. The third-order valence-corrected chi connectivity index (χ3v) is 4.99. The van der Waals surface area contributed by atoms with Gasteiger partial charge >= 0.3 is 0 Å². The zero-order valence-electron chi connectivity index (χ0n) is 12.7. The molecule has 4 rings (SSSR count). The molecule has 2 aromatic carbocycles. The van der Waals surface area contributed by atoms with Gasteiger partial charge in [-0.15, -0.1) is 10.2 Å². The molecule has 4 aromatic rings. The topological polar surface area (TPSA) is 47.3 Å². The Kier molecular flexibility index (Phi) is 3.67. The van der Waals surface area contributed by atoms with E-state index in [1.807, 2.05) is 55.5 Å². The van der Waals surface area contributed by atoms with Crippen molar-refractivity contribution in [1.29, 1.82) is 0 Å². The van der Waals surface area contributed by atoms with Crippen molar-refractivity contribution in [3.05, 3.63) is 79.6 Å². The van der Waals surface area contributed by atoms with Gasteiger partial charge in [0.25, 0.3) is 5.56 Å². The lowest BCUT2D eigenvalue weighted by Gasteiger charge is -1.99. The highest BCUT2D eigenvalue weighted by Crippen LogP contribution is 2.25. The summed E-state index contributed by atoms with van der Waals surface area (Å²) in [5.41, 5.74) is 2.71. The van der Waals surface area contributed by atoms with Crippen LogP contribution in [0.4, 0.5) is 0 Å². The summed E-state index contributed by atoms with van der Waals surface area (Å²) in [7, 11) is 0. The molecule has 24 heavy (non-hydrogen) atoms. The second-order valence-corrected chi connectivity index (χ2v) is 6.87. The largest absolute Gasteiger partial charge is 0.276 e. The lowest BCUT2D eigenvalue weighted by Crippen LogP contribution is -2.23. The number of benzene rings is 2. The van der Waals surface area contributed by atoms with Gasteiger partial charge in [-0.2, -0.15) is 0 Å². The Bertz CT molecular complexity index is 1160. The van der Waals surface area contributed by atoms with Gasteiger partial charge in [-0.25, -0.2) is 4.40 Å². The summed E-state index contributed by atoms with van der Waals surface area (Å²) in [6.45, 7) is 2.02. The average Bonchev–Trinajstić information content (AvgIpc) is 3.09. The molecule has 0 aliphatic heterocycles. The fourth-order valence-electron chi connectivity index (χ4n) is 2.59. The normalized spacial score (nSPS) is 12.2. The summed E-state index contributed by atoms with van der Waals surface area (Å²) in [6, 6.07) is 15.3. The van der Waals surface area contributed by atoms with E-state index in [1.54, 1.807) is 6.07 Å². The van der Waals surface area contributed by atoms with Gasteiger partial charge in [0.2, 0.25) is 4.96 Å². The molecule has 2 heterocycles. The fraction of sp³-hybridized carbons (Fsp3) is 0.0556. The highest BCUT2D eigenvalue weighted by atomic mass is 35.5. The average molecular weight is 354 g/mol. The Morgan fingerprint density at radius 1 is 1.12 bits per heavy atom. The zero-order chi connectivity index (χ0) is 16.7. The molecule has 0 N–H and O–H groups in total. The predicted octanol–water partition coefficient (Wildman–Crippen LogP) is 3.33. The fourth-order valence-corrected chi connectivity index (χ4v) is 3.72. The Morgan fingerprint density at radius 3 is 2.75 bits per heavy atom. The molecule has 2 aromatic heterocycles. The molecular weight excluding hydrogens is 342 g/mol. The molecule has 0 saturated heterocycles. The van der Waals surface area contributed by atoms with Crippen LogP contribution < -0.4 is 10.1 Å². The Labute approximate surface area is 146 Å². The zero-order valence-corrected chi connectivity index (χ0v) is 14.3. The highest BCUT2D eigenvalue weighted by Gasteiger charge is 2.15. The quantitative estimate of drug-likeness (QED) is 0.555. The van der Waals surface area contributed by atoms with E-state index in [-0.39, 0.29) is 5.56 Å². The molecule has 0 aliphatic rings. The number of aromatic nitrogens is 3. The van der Waals surface area contributed by atoms with Crippen LogP contribution in [0.2, 0.25) is 5.02 Å². The number of thiazole rings is 1. The monoisotopic (exact) mass is 353 g/mol. The number of aryl methyl sites for hydroxylation is 1. The molecular formula is C18H12ClN3OS. The number of halogens is 1. The first kappa shape index (κ1) is 15.1. The van der Waals surface area contributed by atoms with E-state index in [4.69, 9.17) is 11.6 Å². The smallest absolute Gasteiger partial charge is 0.267 e. The van der Waals surface area contributed by atoms with Crippen LogP contribution in [0.15, 0.2) is 53.3 Å². The van der Waals surface area contributed by atoms with Crippen LogP contribution in [0.25, 0.3) is 22.4 Å². The van der Waals surface area contributed by atoms with E-state index in [1.165, 1.54) is 15.7 Å². The van der Waals surface area contributed by atoms with Crippen LogP contribution in [0.5, 0.6) is 0 Å². The summed E-state index contributed by atoms with van der Waals surface area (Å²) in [4.78, 5) is 13.4. The van der Waals surface area contributed by atoms with E-state index < -0.39 is 0 Å². The standard InChI is InChI=1S/C18H12ClN3OS/c1-11-5-4-6-12(9-11)10-15-17(23)22-16(20-21-18(22)24-15)13-7-2-3-8-14(13)19/h2-10H,1H3. The van der Waals surface area contributed by atoms with E-state index in [0.717, 1.165) is 11.1 Å². The molecule has 0 spiro atoms. The number of nitrogens with zero attached hydrogens (tertiary/aromatic N) is 3. The van der Waals surface area contributed by atoms with Crippen molar-refractivity contribution < 1.29 is 0 Å². The molecule has 0 radical (unpaired) electrons. The molecule has 0 aliphatic carbocycles. The minimum Gasteiger partial charge on any atom is -0.267 e. The SMILES string of the molecule is Cc1cccc(C=c2sc3nnc(-c4ccccc4Cl)n3c2=O)c1. The van der Waals surface area contributed by atoms with Crippen LogP contribution in [0, 0.1) is 6.92 Å². The molecule has 0 atom stereocenters. The maximum absolute atomic E-state index is 12.8. The second-order valence-electron chi connectivity index (χ2n) is 5.45. The Hall–Kier alpha value is -2.50. The first-order chi connectivity index (χ1) is 11.6. The van der Waals surface area contributed by atoms with E-state index in [0.29, 0.717) is 25.9 Å². The van der Waals surface area contributed by atoms with Crippen molar-refractivity contribution in [2.75, 3.05) is 0 Å². The van der Waals surface area contributed by atoms with Gasteiger partial charge in [0.1, 0.15) is 0 Å². The number of fused-ring (bicyclic) bond motifs is 1. The van der Waals surface area contributed by atoms with Crippen molar-refractivity contribution in [2.24, 2.45) is 0 Å². The summed E-state index contributed by atoms with van der Waals surface area (Å²) < 4.78 is 2.15. The molecule has 0 bridgehead atoms. The van der Waals surface area contributed by atoms with Crippen LogP contribution >= 0.6 is 22.9 Å². The molecule has 0 saturated carbocycles. The molecule has 6 heteroatoms. The highest BCUT2D eigenvalue weighted by molar-refractivity contribution is 7.15. The maximum atomic E-state index is 12.8. The van der Waals surface area contributed by atoms with Gasteiger partial charge in [0, 0.05) is 5.56 Å². The van der Waals surface area contributed by atoms with Crippen molar-refractivity contribution in [3.8, 4) is 11.4 Å². The van der Waals surface area contributed by atoms with E-state index in [9.17, 15) is 4.79 Å². The molecule has 4 nitrogen and oxygen atoms in total. The number of hydrogen-bond acceptors (Lipinski definition) is 4. The lowest BCUT2D eigenvalue weighted by molar-refractivity contribution is 1.09. The van der Waals surface area contributed by atoms with Crippen molar-refractivity contribution in [1.82, 2.24) is 14.6 Å². The van der Waals surface area contributed by atoms with Gasteiger partial charge in [0.05, 0.1) is 9.55 Å². The first-order valence-electron chi connectivity index (χ1n) is 7.35. The van der Waals surface area contributed by atoms with Crippen molar-refractivity contribution in [3.63, 3.8) is 0 Å². The van der Waals surface area contributed by atoms with E-state index in [2.05, 4.69) is 10.2 Å². The molecule has 0 amide bonds. The van der Waals surface area contributed by atoms with Crippen LogP contribution in [0.1, 0.15) is 11.1 Å². The van der Waals surface area contributed by atoms with Gasteiger partial charge in [-0.3, -0.25) is 4.79 Å². The van der Waals surface area contributed by atoms with Crippen molar-refractivity contribution in [2.45, 2.75) is 6.92 Å². The summed E-state index contributed by atoms with van der Waals surface area (Å²) >= 11 is 7.56. The Morgan fingerprint density at radius 2 is 1.96 bits per heavy atom. The van der Waals surface area contributed by atoms with Crippen LogP contribution in [0.3, 0.4) is 0 Å². The van der Waals surface area contributed by atoms with Crippen LogP contribution in [-0.4, -0.2) is 14.6 Å². The van der Waals surface area contributed by atoms with Gasteiger partial charge in [0.15, 0.2) is 5.82 Å². The lowest BCUT2D eigenvalue weighted by atomic mass is 10.1. The van der Waals surface area contributed by atoms with Crippen molar-refractivity contribution >= 4 is 34.0 Å². The first-order valence-corrected chi connectivity index (χ1v) is 8.54. The second kappa shape index (κ2) is 5.85. The van der Waals surface area contributed by atoms with Gasteiger partial charge < -0.3 is 0 Å². The molecule has 118 valence electrons. The number of hydrogen-bond donors (Lipinski definition) is 0. The van der Waals surface area contributed by atoms with Crippen LogP contribution in [-0.2, 0) is 0 Å². The molecule has 0 fully saturated rings. The van der Waals surface area contributed by atoms with E-state index >= 15 is 0 Å². The predicted molar refractivity (Wildman–Crippen MR) is 97.5 cm³/mol. The third kappa shape index (κ3) is 2.52. The summed E-state index contributed by atoms with van der Waals surface area (Å²) in [5.74, 6) is 0.473. The third-order valence-electron chi connectivity index (χ3n) is 3.70. The Balaban J connectivity index is 1.95. The van der Waals surface area contributed by atoms with Gasteiger partial charge in [-0.1, -0.05) is 64.9 Å². The maximum Gasteiger partial charge on any atom is 0.276 e. The molecule has 0 unspecified atom stereocenters. The summed E-state index contributed by atoms with van der Waals surface area (Å²) in [5, 5.41) is 8.81. The minimum atomic E-state index is -0.128. The van der Waals surface area contributed by atoms with Gasteiger partial charge in [-0.05, 0) is 30.7 Å². The summed E-state index contributed by atoms with van der Waals surface area (Å²) in [6.07, 6.45) is 1.88.